The van der Waals surface area contributed by atoms with Gasteiger partial charge < -0.3 is 14.2 Å². The highest BCUT2D eigenvalue weighted by atomic mass is 16.6. The molecular weight excluding hydrogens is 997 g/mol. The molecule has 1 atom stereocenters. The highest BCUT2D eigenvalue weighted by molar-refractivity contribution is 5.71. The van der Waals surface area contributed by atoms with E-state index in [9.17, 15) is 14.4 Å². The van der Waals surface area contributed by atoms with E-state index in [1.165, 1.54) is 315 Å². The van der Waals surface area contributed by atoms with Gasteiger partial charge in [0.15, 0.2) is 6.10 Å². The van der Waals surface area contributed by atoms with Crippen LogP contribution in [-0.2, 0) is 28.6 Å². The van der Waals surface area contributed by atoms with Gasteiger partial charge in [-0.1, -0.05) is 360 Å². The highest BCUT2D eigenvalue weighted by Crippen LogP contribution is 2.19. The molecule has 0 bridgehead atoms. The Morgan fingerprint density at radius 1 is 0.235 bits per heavy atom. The molecule has 0 radical (unpaired) electrons. The zero-order valence-electron chi connectivity index (χ0n) is 55.1. The van der Waals surface area contributed by atoms with Gasteiger partial charge in [0, 0.05) is 19.3 Å². The lowest BCUT2D eigenvalue weighted by molar-refractivity contribution is -0.167. The lowest BCUT2D eigenvalue weighted by atomic mass is 10.0. The smallest absolute Gasteiger partial charge is 0.306 e. The van der Waals surface area contributed by atoms with Crippen LogP contribution in [0.15, 0.2) is 24.3 Å². The van der Waals surface area contributed by atoms with Gasteiger partial charge in [0.25, 0.3) is 0 Å². The van der Waals surface area contributed by atoms with Gasteiger partial charge in [0.2, 0.25) is 0 Å². The van der Waals surface area contributed by atoms with Crippen LogP contribution >= 0.6 is 0 Å². The average Bonchev–Trinajstić information content (AvgIpc) is 3.47. The minimum absolute atomic E-state index is 0.0671. The fraction of sp³-hybridized carbons (Fsp3) is 0.907. The summed E-state index contributed by atoms with van der Waals surface area (Å²) in [6.45, 7) is 6.67. The molecular formula is C75H142O6. The molecule has 0 N–H and O–H groups in total. The number of hydrogen-bond donors (Lipinski definition) is 0. The molecule has 0 aromatic carbocycles. The van der Waals surface area contributed by atoms with Crippen LogP contribution in [0.3, 0.4) is 0 Å². The van der Waals surface area contributed by atoms with Crippen LogP contribution in [0.5, 0.6) is 0 Å². The highest BCUT2D eigenvalue weighted by Gasteiger charge is 2.20. The van der Waals surface area contributed by atoms with E-state index in [2.05, 4.69) is 45.1 Å². The van der Waals surface area contributed by atoms with E-state index in [1.807, 2.05) is 0 Å². The quantitative estimate of drug-likeness (QED) is 0.0261. The molecule has 0 aliphatic rings. The van der Waals surface area contributed by atoms with Crippen LogP contribution in [0, 0.1) is 0 Å². The van der Waals surface area contributed by atoms with Crippen molar-refractivity contribution in [2.75, 3.05) is 13.2 Å². The van der Waals surface area contributed by atoms with Crippen LogP contribution in [0.4, 0.5) is 0 Å². The first-order chi connectivity index (χ1) is 40.0. The minimum Gasteiger partial charge on any atom is -0.462 e. The van der Waals surface area contributed by atoms with Gasteiger partial charge in [0.1, 0.15) is 13.2 Å². The molecule has 0 spiro atoms. The van der Waals surface area contributed by atoms with E-state index in [0.717, 1.165) is 64.2 Å². The van der Waals surface area contributed by atoms with Crippen molar-refractivity contribution in [1.82, 2.24) is 0 Å². The predicted molar refractivity (Wildman–Crippen MR) is 353 cm³/mol. The number of carbonyl (C=O) groups excluding carboxylic acids is 3. The molecule has 0 saturated heterocycles. The zero-order valence-corrected chi connectivity index (χ0v) is 55.1. The summed E-state index contributed by atoms with van der Waals surface area (Å²) in [5, 5.41) is 0. The molecule has 0 aliphatic carbocycles. The first-order valence-corrected chi connectivity index (χ1v) is 36.8. The molecule has 0 aliphatic heterocycles. The molecule has 81 heavy (non-hydrogen) atoms. The number of esters is 3. The van der Waals surface area contributed by atoms with Crippen LogP contribution in [0.1, 0.15) is 419 Å². The van der Waals surface area contributed by atoms with E-state index in [-0.39, 0.29) is 31.1 Å². The van der Waals surface area contributed by atoms with E-state index in [4.69, 9.17) is 14.2 Å². The summed E-state index contributed by atoms with van der Waals surface area (Å²) in [5.74, 6) is -0.847. The van der Waals surface area contributed by atoms with Gasteiger partial charge in [-0.15, -0.1) is 0 Å². The summed E-state index contributed by atoms with van der Waals surface area (Å²) in [7, 11) is 0. The second-order valence-corrected chi connectivity index (χ2v) is 25.2. The third-order valence-corrected chi connectivity index (χ3v) is 16.9. The summed E-state index contributed by atoms with van der Waals surface area (Å²) in [4.78, 5) is 38.3. The molecule has 0 rings (SSSR count). The SMILES string of the molecule is CCCC/C=C\CCCCCCCC(=O)OCC(COC(=O)CCCCCCCCCCCCCCCCCCCCCCCCC/C=C\CCCCCCCCCC)OC(=O)CCCCCCCCCCCCCCCCCCC. The molecule has 0 aromatic heterocycles. The number of unbranched alkanes of at least 4 members (excludes halogenated alkanes) is 54. The second kappa shape index (κ2) is 70.4. The molecule has 0 aromatic rings. The Hall–Kier alpha value is -2.11. The number of allylic oxidation sites excluding steroid dienone is 4. The summed E-state index contributed by atoms with van der Waals surface area (Å²) in [6.07, 6.45) is 86.7. The van der Waals surface area contributed by atoms with Crippen molar-refractivity contribution in [2.45, 2.75) is 425 Å². The van der Waals surface area contributed by atoms with Crippen LogP contribution < -0.4 is 0 Å². The van der Waals surface area contributed by atoms with E-state index >= 15 is 0 Å². The maximum atomic E-state index is 12.9. The molecule has 0 fully saturated rings. The standard InChI is InChI=1S/C75H142O6/c1-4-7-10-13-16-19-22-24-26-28-29-30-31-32-33-34-35-36-37-38-39-40-41-42-43-44-45-47-48-50-53-56-59-62-65-68-74(77)80-71-72(70-79-73(76)67-64-61-58-55-52-21-18-15-12-9-6-3)81-75(78)69-66-63-60-57-54-51-49-46-27-25-23-20-17-14-11-8-5-2/h15,18,28-29,72H,4-14,16-17,19-27,30-71H2,1-3H3/b18-15-,29-28-. The molecule has 0 amide bonds. The van der Waals surface area contributed by atoms with E-state index in [0.29, 0.717) is 19.3 Å². The number of ether oxygens (including phenoxy) is 3. The summed E-state index contributed by atoms with van der Waals surface area (Å²) in [6, 6.07) is 0. The molecule has 0 saturated carbocycles. The Morgan fingerprint density at radius 2 is 0.420 bits per heavy atom. The van der Waals surface area contributed by atoms with Crippen LogP contribution in [-0.4, -0.2) is 37.2 Å². The lowest BCUT2D eigenvalue weighted by Crippen LogP contribution is -2.30. The first kappa shape index (κ1) is 78.9. The molecule has 1 unspecified atom stereocenters. The second-order valence-electron chi connectivity index (χ2n) is 25.2. The predicted octanol–water partition coefficient (Wildman–Crippen LogP) is 25.3. The van der Waals surface area contributed by atoms with Gasteiger partial charge in [-0.05, 0) is 64.2 Å². The summed E-state index contributed by atoms with van der Waals surface area (Å²) < 4.78 is 17.0. The monoisotopic (exact) mass is 1140 g/mol. The van der Waals surface area contributed by atoms with Crippen molar-refractivity contribution >= 4 is 17.9 Å². The van der Waals surface area contributed by atoms with Gasteiger partial charge in [-0.3, -0.25) is 14.4 Å². The maximum absolute atomic E-state index is 12.9. The zero-order chi connectivity index (χ0) is 58.5. The molecule has 6 heteroatoms. The van der Waals surface area contributed by atoms with Crippen molar-refractivity contribution in [1.29, 1.82) is 0 Å². The van der Waals surface area contributed by atoms with Crippen LogP contribution in [0.25, 0.3) is 0 Å². The Bertz CT molecular complexity index is 1310. The van der Waals surface area contributed by atoms with Crippen molar-refractivity contribution in [3.05, 3.63) is 24.3 Å². The molecule has 6 nitrogen and oxygen atoms in total. The van der Waals surface area contributed by atoms with E-state index in [1.54, 1.807) is 0 Å². The Balaban J connectivity index is 4.01. The molecule has 478 valence electrons. The van der Waals surface area contributed by atoms with Gasteiger partial charge in [-0.2, -0.15) is 0 Å². The third-order valence-electron chi connectivity index (χ3n) is 16.9. The lowest BCUT2D eigenvalue weighted by Gasteiger charge is -2.18. The number of hydrogen-bond acceptors (Lipinski definition) is 6. The maximum Gasteiger partial charge on any atom is 0.306 e. The van der Waals surface area contributed by atoms with Crippen LogP contribution in [0.2, 0.25) is 0 Å². The third kappa shape index (κ3) is 68.6. The number of carbonyl (C=O) groups is 3. The summed E-state index contributed by atoms with van der Waals surface area (Å²) in [5.41, 5.74) is 0. The van der Waals surface area contributed by atoms with E-state index < -0.39 is 6.10 Å². The van der Waals surface area contributed by atoms with Crippen molar-refractivity contribution in [2.24, 2.45) is 0 Å². The topological polar surface area (TPSA) is 78.9 Å². The average molecular weight is 1140 g/mol. The van der Waals surface area contributed by atoms with Crippen molar-refractivity contribution in [3.8, 4) is 0 Å². The van der Waals surface area contributed by atoms with Crippen molar-refractivity contribution < 1.29 is 28.6 Å². The minimum atomic E-state index is -0.770. The Labute approximate surface area is 506 Å². The first-order valence-electron chi connectivity index (χ1n) is 36.8. The van der Waals surface area contributed by atoms with Gasteiger partial charge in [0.05, 0.1) is 0 Å². The number of rotatable bonds is 69. The van der Waals surface area contributed by atoms with Crippen molar-refractivity contribution in [3.63, 3.8) is 0 Å². The Kier molecular flexibility index (Phi) is 68.5. The largest absolute Gasteiger partial charge is 0.462 e. The molecule has 0 heterocycles. The fourth-order valence-corrected chi connectivity index (χ4v) is 11.4. The fourth-order valence-electron chi connectivity index (χ4n) is 11.4. The van der Waals surface area contributed by atoms with Gasteiger partial charge >= 0.3 is 17.9 Å². The Morgan fingerprint density at radius 3 is 0.654 bits per heavy atom. The van der Waals surface area contributed by atoms with Gasteiger partial charge in [-0.25, -0.2) is 0 Å². The summed E-state index contributed by atoms with van der Waals surface area (Å²) >= 11 is 0. The normalized spacial score (nSPS) is 12.1.